The van der Waals surface area contributed by atoms with Gasteiger partial charge in [0.05, 0.1) is 29.9 Å². The molecule has 3 rings (SSSR count). The van der Waals surface area contributed by atoms with E-state index < -0.39 is 0 Å². The largest absolute Gasteiger partial charge is 0.382 e. The van der Waals surface area contributed by atoms with Gasteiger partial charge in [0.15, 0.2) is 0 Å². The molecule has 0 spiro atoms. The molecule has 1 aromatic carbocycles. The zero-order chi connectivity index (χ0) is 16.8. The van der Waals surface area contributed by atoms with E-state index in [0.717, 1.165) is 50.3 Å². The molecule has 24 heavy (non-hydrogen) atoms. The van der Waals surface area contributed by atoms with Crippen LogP contribution in [-0.4, -0.2) is 22.6 Å². The standard InChI is InChI=1S/C20H24N4/c1-3-5-9-18(8-4-2)24-15-17(22-16-24)14-23-13-12-21-19-10-6-7-11-20(19)23/h2,6-8,10-11,15-16,21H,3,5,9,12-14H2,1H3/b18-8+. The van der Waals surface area contributed by atoms with Crippen LogP contribution >= 0.6 is 0 Å². The number of unbranched alkanes of at least 4 members (excludes halogenated alkanes) is 1. The number of aromatic nitrogens is 2. The van der Waals surface area contributed by atoms with Crippen molar-refractivity contribution in [1.29, 1.82) is 0 Å². The fourth-order valence-corrected chi connectivity index (χ4v) is 3.04. The Morgan fingerprint density at radius 1 is 1.42 bits per heavy atom. The maximum absolute atomic E-state index is 5.47. The van der Waals surface area contributed by atoms with Gasteiger partial charge in [0, 0.05) is 31.1 Å². The van der Waals surface area contributed by atoms with E-state index >= 15 is 0 Å². The lowest BCUT2D eigenvalue weighted by Gasteiger charge is -2.31. The van der Waals surface area contributed by atoms with E-state index in [1.54, 1.807) is 0 Å². The monoisotopic (exact) mass is 320 g/mol. The number of imidazole rings is 1. The third-order valence-corrected chi connectivity index (χ3v) is 4.30. The number of allylic oxidation sites excluding steroid dienone is 2. The lowest BCUT2D eigenvalue weighted by atomic mass is 10.2. The topological polar surface area (TPSA) is 33.1 Å². The van der Waals surface area contributed by atoms with Crippen LogP contribution < -0.4 is 10.2 Å². The molecule has 1 N–H and O–H groups in total. The number of nitrogens with one attached hydrogen (secondary N) is 1. The van der Waals surface area contributed by atoms with Crippen LogP contribution in [0.4, 0.5) is 11.4 Å². The van der Waals surface area contributed by atoms with E-state index in [1.807, 2.05) is 12.4 Å². The normalized spacial score (nSPS) is 14.0. The Hall–Kier alpha value is -2.67. The first-order chi connectivity index (χ1) is 11.8. The van der Waals surface area contributed by atoms with E-state index in [4.69, 9.17) is 6.42 Å². The van der Waals surface area contributed by atoms with Crippen molar-refractivity contribution in [2.45, 2.75) is 32.7 Å². The van der Waals surface area contributed by atoms with Crippen molar-refractivity contribution < 1.29 is 0 Å². The van der Waals surface area contributed by atoms with Gasteiger partial charge in [0.25, 0.3) is 0 Å². The Morgan fingerprint density at radius 2 is 2.29 bits per heavy atom. The van der Waals surface area contributed by atoms with Crippen LogP contribution in [-0.2, 0) is 6.54 Å². The minimum atomic E-state index is 0.808. The highest BCUT2D eigenvalue weighted by atomic mass is 15.2. The van der Waals surface area contributed by atoms with Crippen LogP contribution in [0.2, 0.25) is 0 Å². The summed E-state index contributed by atoms with van der Waals surface area (Å²) in [5, 5.41) is 3.44. The van der Waals surface area contributed by atoms with Gasteiger partial charge >= 0.3 is 0 Å². The smallest absolute Gasteiger partial charge is 0.0993 e. The second-order valence-corrected chi connectivity index (χ2v) is 6.04. The fraction of sp³-hybridized carbons (Fsp3) is 0.350. The molecule has 2 heterocycles. The zero-order valence-corrected chi connectivity index (χ0v) is 14.2. The molecule has 4 nitrogen and oxygen atoms in total. The summed E-state index contributed by atoms with van der Waals surface area (Å²) in [6, 6.07) is 8.42. The van der Waals surface area contributed by atoms with Gasteiger partial charge < -0.3 is 14.8 Å². The molecule has 0 bridgehead atoms. The maximum Gasteiger partial charge on any atom is 0.0993 e. The van der Waals surface area contributed by atoms with Gasteiger partial charge in [-0.25, -0.2) is 4.98 Å². The highest BCUT2D eigenvalue weighted by molar-refractivity contribution is 5.71. The average Bonchev–Trinajstić information content (AvgIpc) is 3.07. The van der Waals surface area contributed by atoms with Gasteiger partial charge in [-0.05, 0) is 25.0 Å². The molecule has 0 amide bonds. The Morgan fingerprint density at radius 3 is 3.12 bits per heavy atom. The Bertz CT molecular complexity index is 751. The average molecular weight is 320 g/mol. The summed E-state index contributed by atoms with van der Waals surface area (Å²) in [5.74, 6) is 2.65. The molecule has 0 aliphatic carbocycles. The number of hydrogen-bond acceptors (Lipinski definition) is 3. The summed E-state index contributed by atoms with van der Waals surface area (Å²) in [5.41, 5.74) is 4.63. The molecule has 1 aliphatic rings. The number of para-hydroxylation sites is 2. The maximum atomic E-state index is 5.47. The van der Waals surface area contributed by atoms with Crippen molar-refractivity contribution in [2.24, 2.45) is 0 Å². The third-order valence-electron chi connectivity index (χ3n) is 4.30. The summed E-state index contributed by atoms with van der Waals surface area (Å²) in [4.78, 5) is 6.96. The van der Waals surface area contributed by atoms with Crippen LogP contribution in [0.25, 0.3) is 5.70 Å². The van der Waals surface area contributed by atoms with Crippen molar-refractivity contribution in [3.63, 3.8) is 0 Å². The van der Waals surface area contributed by atoms with E-state index in [2.05, 4.69) is 63.1 Å². The fourth-order valence-electron chi connectivity index (χ4n) is 3.04. The molecule has 0 unspecified atom stereocenters. The predicted octanol–water partition coefficient (Wildman–Crippen LogP) is 3.98. The van der Waals surface area contributed by atoms with E-state index in [9.17, 15) is 0 Å². The quantitative estimate of drug-likeness (QED) is 0.817. The van der Waals surface area contributed by atoms with Crippen molar-refractivity contribution >= 4 is 17.1 Å². The lowest BCUT2D eigenvalue weighted by Crippen LogP contribution is -2.33. The first kappa shape index (κ1) is 16.2. The van der Waals surface area contributed by atoms with Gasteiger partial charge in [-0.3, -0.25) is 0 Å². The molecule has 0 saturated heterocycles. The molecule has 1 aromatic heterocycles. The molecule has 0 saturated carbocycles. The minimum Gasteiger partial charge on any atom is -0.382 e. The van der Waals surface area contributed by atoms with Crippen molar-refractivity contribution in [3.8, 4) is 12.3 Å². The van der Waals surface area contributed by atoms with Crippen molar-refractivity contribution in [2.75, 3.05) is 23.3 Å². The molecule has 0 radical (unpaired) electrons. The van der Waals surface area contributed by atoms with Gasteiger partial charge in [-0.1, -0.05) is 31.4 Å². The minimum absolute atomic E-state index is 0.808. The Labute approximate surface area is 144 Å². The first-order valence-electron chi connectivity index (χ1n) is 8.58. The number of anilines is 2. The second-order valence-electron chi connectivity index (χ2n) is 6.04. The van der Waals surface area contributed by atoms with Crippen LogP contribution in [0, 0.1) is 12.3 Å². The zero-order valence-electron chi connectivity index (χ0n) is 14.2. The second kappa shape index (κ2) is 7.74. The number of rotatable bonds is 6. The van der Waals surface area contributed by atoms with Crippen molar-refractivity contribution in [3.05, 3.63) is 48.6 Å². The van der Waals surface area contributed by atoms with Crippen LogP contribution in [0.5, 0.6) is 0 Å². The molecular weight excluding hydrogens is 296 g/mol. The van der Waals surface area contributed by atoms with E-state index in [0.29, 0.717) is 0 Å². The van der Waals surface area contributed by atoms with Crippen LogP contribution in [0.3, 0.4) is 0 Å². The van der Waals surface area contributed by atoms with Crippen LogP contribution in [0.15, 0.2) is 42.9 Å². The number of benzene rings is 1. The van der Waals surface area contributed by atoms with Gasteiger partial charge in [-0.2, -0.15) is 0 Å². The van der Waals surface area contributed by atoms with Gasteiger partial charge in [0.1, 0.15) is 0 Å². The SMILES string of the molecule is C#C/C=C(\CCCC)n1cnc(CN2CCNc3ccccc32)c1. The number of fused-ring (bicyclic) bond motifs is 1. The molecular formula is C20H24N4. The lowest BCUT2D eigenvalue weighted by molar-refractivity contribution is 0.774. The molecule has 1 aliphatic heterocycles. The molecule has 4 heteroatoms. The van der Waals surface area contributed by atoms with Gasteiger partial charge in [-0.15, -0.1) is 6.42 Å². The van der Waals surface area contributed by atoms with E-state index in [-0.39, 0.29) is 0 Å². The molecule has 2 aromatic rings. The van der Waals surface area contributed by atoms with Crippen LogP contribution in [0.1, 0.15) is 31.9 Å². The Kier molecular flexibility index (Phi) is 5.22. The summed E-state index contributed by atoms with van der Waals surface area (Å²) in [6.07, 6.45) is 14.6. The highest BCUT2D eigenvalue weighted by Crippen LogP contribution is 2.29. The van der Waals surface area contributed by atoms with Crippen molar-refractivity contribution in [1.82, 2.24) is 9.55 Å². The predicted molar refractivity (Wildman–Crippen MR) is 101 cm³/mol. The number of terminal acetylenes is 1. The number of nitrogens with zero attached hydrogens (tertiary/aromatic N) is 3. The highest BCUT2D eigenvalue weighted by Gasteiger charge is 2.17. The van der Waals surface area contributed by atoms with E-state index in [1.165, 1.54) is 11.4 Å². The number of hydrogen-bond donors (Lipinski definition) is 1. The first-order valence-corrected chi connectivity index (χ1v) is 8.58. The molecule has 0 fully saturated rings. The summed E-state index contributed by atoms with van der Waals surface area (Å²) in [6.45, 7) is 4.93. The molecule has 0 atom stereocenters. The summed E-state index contributed by atoms with van der Waals surface area (Å²) >= 11 is 0. The Balaban J connectivity index is 1.75. The summed E-state index contributed by atoms with van der Waals surface area (Å²) in [7, 11) is 0. The summed E-state index contributed by atoms with van der Waals surface area (Å²) < 4.78 is 2.07. The molecule has 124 valence electrons. The third kappa shape index (κ3) is 3.62. The van der Waals surface area contributed by atoms with Gasteiger partial charge in [0.2, 0.25) is 0 Å².